The summed E-state index contributed by atoms with van der Waals surface area (Å²) in [7, 11) is 4.25. The minimum absolute atomic E-state index is 0.690. The van der Waals surface area contributed by atoms with Crippen molar-refractivity contribution >= 4 is 22.6 Å². The molecule has 2 aromatic carbocycles. The molecule has 3 nitrogen and oxygen atoms in total. The van der Waals surface area contributed by atoms with Gasteiger partial charge in [0.25, 0.3) is 0 Å². The Morgan fingerprint density at radius 2 is 1.83 bits per heavy atom. The zero-order chi connectivity index (χ0) is 16.2. The number of halogens is 1. The van der Waals surface area contributed by atoms with E-state index in [1.807, 2.05) is 54.6 Å². The molecule has 0 aliphatic rings. The summed E-state index contributed by atoms with van der Waals surface area (Å²) in [5.41, 5.74) is 1.84. The van der Waals surface area contributed by atoms with E-state index in [0.717, 1.165) is 40.7 Å². The molecule has 0 spiro atoms. The molecule has 0 fully saturated rings. The summed E-state index contributed by atoms with van der Waals surface area (Å²) in [5, 5.41) is 2.56. The molecule has 0 aliphatic carbocycles. The lowest BCUT2D eigenvalue weighted by atomic mass is 10.1. The van der Waals surface area contributed by atoms with Crippen molar-refractivity contribution in [3.8, 4) is 11.3 Å². The quantitative estimate of drug-likeness (QED) is 0.784. The van der Waals surface area contributed by atoms with Crippen LogP contribution >= 0.6 is 11.6 Å². The third kappa shape index (κ3) is 3.81. The van der Waals surface area contributed by atoms with E-state index in [1.165, 1.54) is 4.90 Å². The van der Waals surface area contributed by atoms with Gasteiger partial charge in [0, 0.05) is 22.0 Å². The van der Waals surface area contributed by atoms with Crippen molar-refractivity contribution in [1.29, 1.82) is 0 Å². The molecule has 0 amide bonds. The Morgan fingerprint density at radius 1 is 1.04 bits per heavy atom. The first kappa shape index (κ1) is 15.8. The van der Waals surface area contributed by atoms with Crippen molar-refractivity contribution in [2.24, 2.45) is 4.99 Å². The molecule has 0 saturated carbocycles. The van der Waals surface area contributed by atoms with E-state index in [4.69, 9.17) is 21.0 Å². The Labute approximate surface area is 140 Å². The highest BCUT2D eigenvalue weighted by Gasteiger charge is 2.06. The second-order valence-corrected chi connectivity index (χ2v) is 6.28. The standard InChI is InChI=1S/C19H19ClN2O/c1-22(2)11-10-21-17-13-19(14-6-4-3-5-7-14)23-18-9-8-15(20)12-16(17)18/h3-9,12-13H,10-11H2,1-2H3/p+1. The number of likely N-dealkylation sites (N-methyl/N-ethyl adjacent to an activating group) is 1. The minimum atomic E-state index is 0.690. The molecule has 0 aliphatic heterocycles. The number of hydrogen-bond acceptors (Lipinski definition) is 2. The van der Waals surface area contributed by atoms with Crippen LogP contribution in [0.5, 0.6) is 0 Å². The molecular formula is C19H20ClN2O+. The smallest absolute Gasteiger partial charge is 0.136 e. The predicted octanol–water partition coefficient (Wildman–Crippen LogP) is 2.80. The molecular weight excluding hydrogens is 308 g/mol. The van der Waals surface area contributed by atoms with Crippen molar-refractivity contribution in [1.82, 2.24) is 0 Å². The summed E-state index contributed by atoms with van der Waals surface area (Å²) in [4.78, 5) is 6.14. The van der Waals surface area contributed by atoms with Gasteiger partial charge >= 0.3 is 0 Å². The van der Waals surface area contributed by atoms with Crippen molar-refractivity contribution in [3.05, 3.63) is 65.0 Å². The molecule has 0 unspecified atom stereocenters. The number of nitrogens with zero attached hydrogens (tertiary/aromatic N) is 1. The van der Waals surface area contributed by atoms with Gasteiger partial charge in [0.2, 0.25) is 0 Å². The molecule has 118 valence electrons. The van der Waals surface area contributed by atoms with Crippen LogP contribution in [0.2, 0.25) is 5.02 Å². The normalized spacial score (nSPS) is 12.3. The van der Waals surface area contributed by atoms with Gasteiger partial charge in [-0.25, -0.2) is 0 Å². The summed E-state index contributed by atoms with van der Waals surface area (Å²) in [6, 6.07) is 17.7. The monoisotopic (exact) mass is 327 g/mol. The Morgan fingerprint density at radius 3 is 2.57 bits per heavy atom. The molecule has 1 N–H and O–H groups in total. The van der Waals surface area contributed by atoms with Crippen molar-refractivity contribution < 1.29 is 9.32 Å². The second kappa shape index (κ2) is 6.99. The fourth-order valence-electron chi connectivity index (χ4n) is 2.42. The van der Waals surface area contributed by atoms with Crippen LogP contribution in [-0.2, 0) is 0 Å². The van der Waals surface area contributed by atoms with Crippen LogP contribution in [0.3, 0.4) is 0 Å². The van der Waals surface area contributed by atoms with Crippen LogP contribution in [0, 0.1) is 0 Å². The second-order valence-electron chi connectivity index (χ2n) is 5.84. The van der Waals surface area contributed by atoms with Crippen LogP contribution < -0.4 is 10.3 Å². The molecule has 4 heteroatoms. The Balaban J connectivity index is 2.16. The number of quaternary nitrogens is 1. The third-order valence-electron chi connectivity index (χ3n) is 3.66. The van der Waals surface area contributed by atoms with Gasteiger partial charge in [-0.1, -0.05) is 41.9 Å². The van der Waals surface area contributed by atoms with E-state index in [1.54, 1.807) is 0 Å². The van der Waals surface area contributed by atoms with Gasteiger partial charge in [-0.05, 0) is 18.2 Å². The van der Waals surface area contributed by atoms with Gasteiger partial charge < -0.3 is 9.32 Å². The molecule has 1 heterocycles. The average Bonchev–Trinajstić information content (AvgIpc) is 2.55. The summed E-state index contributed by atoms with van der Waals surface area (Å²) in [6.07, 6.45) is 0. The fraction of sp³-hybridized carbons (Fsp3) is 0.211. The molecule has 3 aromatic rings. The van der Waals surface area contributed by atoms with Crippen LogP contribution in [0.4, 0.5) is 0 Å². The van der Waals surface area contributed by atoms with Gasteiger partial charge in [-0.2, -0.15) is 0 Å². The van der Waals surface area contributed by atoms with Crippen LogP contribution in [-0.4, -0.2) is 27.2 Å². The lowest BCUT2D eigenvalue weighted by Gasteiger charge is -2.06. The predicted molar refractivity (Wildman–Crippen MR) is 94.8 cm³/mol. The first-order chi connectivity index (χ1) is 11.1. The van der Waals surface area contributed by atoms with Crippen molar-refractivity contribution in [2.75, 3.05) is 27.2 Å². The fourth-order valence-corrected chi connectivity index (χ4v) is 2.59. The van der Waals surface area contributed by atoms with Crippen LogP contribution in [0.1, 0.15) is 0 Å². The zero-order valence-corrected chi connectivity index (χ0v) is 14.1. The molecule has 23 heavy (non-hydrogen) atoms. The summed E-state index contributed by atoms with van der Waals surface area (Å²) in [6.45, 7) is 1.75. The highest BCUT2D eigenvalue weighted by Crippen LogP contribution is 2.23. The minimum Gasteiger partial charge on any atom is -0.456 e. The van der Waals surface area contributed by atoms with E-state index in [9.17, 15) is 0 Å². The largest absolute Gasteiger partial charge is 0.456 e. The van der Waals surface area contributed by atoms with E-state index >= 15 is 0 Å². The van der Waals surface area contributed by atoms with Gasteiger partial charge in [-0.15, -0.1) is 0 Å². The van der Waals surface area contributed by atoms with Gasteiger partial charge in [0.15, 0.2) is 0 Å². The first-order valence-corrected chi connectivity index (χ1v) is 8.09. The van der Waals surface area contributed by atoms with Gasteiger partial charge in [0.05, 0.1) is 32.5 Å². The molecule has 3 rings (SSSR count). The van der Waals surface area contributed by atoms with Crippen molar-refractivity contribution in [3.63, 3.8) is 0 Å². The maximum absolute atomic E-state index is 6.14. The molecule has 0 bridgehead atoms. The number of nitrogens with one attached hydrogen (secondary N) is 1. The highest BCUT2D eigenvalue weighted by molar-refractivity contribution is 6.31. The lowest BCUT2D eigenvalue weighted by molar-refractivity contribution is -0.856. The number of hydrogen-bond donors (Lipinski definition) is 1. The van der Waals surface area contributed by atoms with E-state index in [-0.39, 0.29) is 0 Å². The molecule has 0 radical (unpaired) electrons. The van der Waals surface area contributed by atoms with Crippen LogP contribution in [0.15, 0.2) is 64.0 Å². The number of benzene rings is 2. The highest BCUT2D eigenvalue weighted by atomic mass is 35.5. The Hall–Kier alpha value is -2.10. The van der Waals surface area contributed by atoms with E-state index in [0.29, 0.717) is 5.02 Å². The number of rotatable bonds is 4. The summed E-state index contributed by atoms with van der Waals surface area (Å²) >= 11 is 6.14. The van der Waals surface area contributed by atoms with Gasteiger partial charge in [0.1, 0.15) is 11.3 Å². The molecule has 0 atom stereocenters. The van der Waals surface area contributed by atoms with E-state index in [2.05, 4.69) is 14.1 Å². The summed E-state index contributed by atoms with van der Waals surface area (Å²) in [5.74, 6) is 0.816. The topological polar surface area (TPSA) is 29.9 Å². The SMILES string of the molecule is C[NH+](C)CCN=c1cc(-c2ccccc2)oc2ccc(Cl)cc12. The number of fused-ring (bicyclic) bond motifs is 1. The third-order valence-corrected chi connectivity index (χ3v) is 3.89. The Bertz CT molecular complexity index is 869. The molecule has 1 aromatic heterocycles. The maximum Gasteiger partial charge on any atom is 0.136 e. The van der Waals surface area contributed by atoms with Crippen molar-refractivity contribution in [2.45, 2.75) is 0 Å². The first-order valence-electron chi connectivity index (χ1n) is 7.72. The van der Waals surface area contributed by atoms with E-state index < -0.39 is 0 Å². The zero-order valence-electron chi connectivity index (χ0n) is 13.3. The summed E-state index contributed by atoms with van der Waals surface area (Å²) < 4.78 is 6.05. The Kier molecular flexibility index (Phi) is 4.79. The van der Waals surface area contributed by atoms with Crippen LogP contribution in [0.25, 0.3) is 22.3 Å². The lowest BCUT2D eigenvalue weighted by Crippen LogP contribution is -3.06. The average molecular weight is 328 g/mol. The van der Waals surface area contributed by atoms with Gasteiger partial charge in [-0.3, -0.25) is 4.99 Å². The maximum atomic E-state index is 6.14. The molecule has 0 saturated heterocycles.